The summed E-state index contributed by atoms with van der Waals surface area (Å²) in [5.41, 5.74) is -0.0424. The molecule has 1 aromatic carbocycles. The molecule has 6 heteroatoms. The van der Waals surface area contributed by atoms with Crippen LogP contribution in [0.2, 0.25) is 0 Å². The minimum atomic E-state index is -0.729. The molecule has 0 bridgehead atoms. The zero-order chi connectivity index (χ0) is 11.5. The molecule has 1 amide bonds. The molecule has 2 rings (SSSR count). The number of carbonyl (C=O) groups is 1. The monoisotopic (exact) mass is 222 g/mol. The zero-order valence-corrected chi connectivity index (χ0v) is 7.98. The lowest BCUT2D eigenvalue weighted by Gasteiger charge is -2.04. The summed E-state index contributed by atoms with van der Waals surface area (Å²) in [4.78, 5) is 11.4. The maximum atomic E-state index is 13.2. The van der Waals surface area contributed by atoms with Crippen molar-refractivity contribution in [1.29, 1.82) is 0 Å². The number of nitrogens with zero attached hydrogens (tertiary/aromatic N) is 1. The standard InChI is InChI=1S/C10H7FN2O3/c11-7-5-6(14)1-2-8(7)13-10(15)9-3-4-12-16-9/h1-5,14H,(H,13,15). The lowest BCUT2D eigenvalue weighted by atomic mass is 10.3. The number of carbonyl (C=O) groups excluding carboxylic acids is 1. The number of benzene rings is 1. The van der Waals surface area contributed by atoms with Crippen LogP contribution in [-0.4, -0.2) is 16.2 Å². The van der Waals surface area contributed by atoms with Gasteiger partial charge in [0.1, 0.15) is 11.6 Å². The van der Waals surface area contributed by atoms with Gasteiger partial charge in [-0.05, 0) is 12.1 Å². The summed E-state index contributed by atoms with van der Waals surface area (Å²) in [7, 11) is 0. The highest BCUT2D eigenvalue weighted by Gasteiger charge is 2.12. The Kier molecular flexibility index (Phi) is 2.55. The van der Waals surface area contributed by atoms with E-state index in [1.165, 1.54) is 24.4 Å². The molecule has 82 valence electrons. The van der Waals surface area contributed by atoms with Gasteiger partial charge in [-0.3, -0.25) is 4.79 Å². The van der Waals surface area contributed by atoms with E-state index >= 15 is 0 Å². The average Bonchev–Trinajstić information content (AvgIpc) is 2.75. The summed E-state index contributed by atoms with van der Waals surface area (Å²) >= 11 is 0. The van der Waals surface area contributed by atoms with Gasteiger partial charge in [-0.2, -0.15) is 0 Å². The van der Waals surface area contributed by atoms with Crippen LogP contribution >= 0.6 is 0 Å². The summed E-state index contributed by atoms with van der Waals surface area (Å²) in [6.45, 7) is 0. The Balaban J connectivity index is 2.18. The van der Waals surface area contributed by atoms with Crippen molar-refractivity contribution < 1.29 is 18.8 Å². The number of amides is 1. The highest BCUT2D eigenvalue weighted by Crippen LogP contribution is 2.19. The predicted octanol–water partition coefficient (Wildman–Crippen LogP) is 1.77. The van der Waals surface area contributed by atoms with Gasteiger partial charge in [-0.25, -0.2) is 4.39 Å². The number of phenolic OH excluding ortho intramolecular Hbond substituents is 1. The fourth-order valence-corrected chi connectivity index (χ4v) is 1.12. The first-order valence-electron chi connectivity index (χ1n) is 4.37. The van der Waals surface area contributed by atoms with Crippen LogP contribution in [0.4, 0.5) is 10.1 Å². The number of halogens is 1. The Morgan fingerprint density at radius 1 is 1.44 bits per heavy atom. The van der Waals surface area contributed by atoms with Crippen LogP contribution < -0.4 is 5.32 Å². The van der Waals surface area contributed by atoms with Crippen molar-refractivity contribution in [2.45, 2.75) is 0 Å². The van der Waals surface area contributed by atoms with Crippen molar-refractivity contribution in [1.82, 2.24) is 5.16 Å². The molecular weight excluding hydrogens is 215 g/mol. The molecule has 0 aliphatic rings. The molecule has 0 saturated carbocycles. The minimum Gasteiger partial charge on any atom is -0.508 e. The van der Waals surface area contributed by atoms with Crippen LogP contribution in [-0.2, 0) is 0 Å². The summed E-state index contributed by atoms with van der Waals surface area (Å²) in [6.07, 6.45) is 1.31. The Morgan fingerprint density at radius 2 is 2.25 bits per heavy atom. The number of anilines is 1. The molecular formula is C10H7FN2O3. The third kappa shape index (κ3) is 2.00. The normalized spacial score (nSPS) is 10.1. The van der Waals surface area contributed by atoms with Gasteiger partial charge >= 0.3 is 0 Å². The molecule has 2 N–H and O–H groups in total. The third-order valence-corrected chi connectivity index (χ3v) is 1.86. The van der Waals surface area contributed by atoms with E-state index < -0.39 is 11.7 Å². The molecule has 16 heavy (non-hydrogen) atoms. The number of rotatable bonds is 2. The predicted molar refractivity (Wildman–Crippen MR) is 52.5 cm³/mol. The largest absolute Gasteiger partial charge is 0.508 e. The van der Waals surface area contributed by atoms with Crippen LogP contribution in [0.1, 0.15) is 10.6 Å². The fourth-order valence-electron chi connectivity index (χ4n) is 1.12. The van der Waals surface area contributed by atoms with Crippen LogP contribution in [0.25, 0.3) is 0 Å². The maximum Gasteiger partial charge on any atom is 0.294 e. The number of aromatic hydroxyl groups is 1. The number of aromatic nitrogens is 1. The molecule has 1 aromatic heterocycles. The van der Waals surface area contributed by atoms with Gasteiger partial charge in [0.2, 0.25) is 5.76 Å². The van der Waals surface area contributed by atoms with E-state index in [4.69, 9.17) is 5.11 Å². The van der Waals surface area contributed by atoms with E-state index in [1.54, 1.807) is 0 Å². The second kappa shape index (κ2) is 4.01. The van der Waals surface area contributed by atoms with E-state index in [2.05, 4.69) is 15.0 Å². The maximum absolute atomic E-state index is 13.2. The van der Waals surface area contributed by atoms with Gasteiger partial charge in [0.05, 0.1) is 11.9 Å². The quantitative estimate of drug-likeness (QED) is 0.759. The number of nitrogens with one attached hydrogen (secondary N) is 1. The van der Waals surface area contributed by atoms with Crippen LogP contribution in [0.3, 0.4) is 0 Å². The van der Waals surface area contributed by atoms with Gasteiger partial charge < -0.3 is 14.9 Å². The van der Waals surface area contributed by atoms with E-state index in [-0.39, 0.29) is 17.2 Å². The SMILES string of the molecule is O=C(Nc1ccc(O)cc1F)c1ccno1. The molecule has 5 nitrogen and oxygen atoms in total. The molecule has 0 spiro atoms. The van der Waals surface area contributed by atoms with Crippen LogP contribution in [0, 0.1) is 5.82 Å². The Labute approximate surface area is 89.5 Å². The summed E-state index contributed by atoms with van der Waals surface area (Å²) in [6, 6.07) is 4.77. The first kappa shape index (κ1) is 10.2. The van der Waals surface area contributed by atoms with Gasteiger partial charge in [0.25, 0.3) is 5.91 Å². The second-order valence-electron chi connectivity index (χ2n) is 2.99. The van der Waals surface area contributed by atoms with Crippen molar-refractivity contribution in [3.63, 3.8) is 0 Å². The molecule has 0 atom stereocenters. The number of hydrogen-bond acceptors (Lipinski definition) is 4. The topological polar surface area (TPSA) is 75.4 Å². The molecule has 2 aromatic rings. The van der Waals surface area contributed by atoms with Crippen LogP contribution in [0.5, 0.6) is 5.75 Å². The van der Waals surface area contributed by atoms with Crippen molar-refractivity contribution >= 4 is 11.6 Å². The fraction of sp³-hybridized carbons (Fsp3) is 0. The van der Waals surface area contributed by atoms with Crippen molar-refractivity contribution in [2.75, 3.05) is 5.32 Å². The molecule has 0 unspecified atom stereocenters. The van der Waals surface area contributed by atoms with Gasteiger partial charge in [0, 0.05) is 12.1 Å². The Morgan fingerprint density at radius 3 is 2.88 bits per heavy atom. The third-order valence-electron chi connectivity index (χ3n) is 1.86. The highest BCUT2D eigenvalue weighted by molar-refractivity contribution is 6.02. The summed E-state index contributed by atoms with van der Waals surface area (Å²) < 4.78 is 17.8. The highest BCUT2D eigenvalue weighted by atomic mass is 19.1. The van der Waals surface area contributed by atoms with E-state index in [0.717, 1.165) is 6.07 Å². The first-order chi connectivity index (χ1) is 7.66. The first-order valence-corrected chi connectivity index (χ1v) is 4.37. The van der Waals surface area contributed by atoms with E-state index in [0.29, 0.717) is 0 Å². The van der Waals surface area contributed by atoms with Crippen molar-refractivity contribution in [3.05, 3.63) is 42.0 Å². The number of phenols is 1. The summed E-state index contributed by atoms with van der Waals surface area (Å²) in [5.74, 6) is -1.57. The lowest BCUT2D eigenvalue weighted by molar-refractivity contribution is 0.0987. The van der Waals surface area contributed by atoms with E-state index in [9.17, 15) is 9.18 Å². The Hall–Kier alpha value is -2.37. The lowest BCUT2D eigenvalue weighted by Crippen LogP contribution is -2.11. The second-order valence-corrected chi connectivity index (χ2v) is 2.99. The van der Waals surface area contributed by atoms with Gasteiger partial charge in [-0.1, -0.05) is 5.16 Å². The van der Waals surface area contributed by atoms with Gasteiger partial charge in [0.15, 0.2) is 0 Å². The van der Waals surface area contributed by atoms with E-state index in [1.807, 2.05) is 0 Å². The molecule has 0 aliphatic heterocycles. The van der Waals surface area contributed by atoms with Crippen LogP contribution in [0.15, 0.2) is 35.0 Å². The van der Waals surface area contributed by atoms with Crippen molar-refractivity contribution in [3.8, 4) is 5.75 Å². The zero-order valence-electron chi connectivity index (χ0n) is 7.98. The minimum absolute atomic E-state index is 0.0209. The van der Waals surface area contributed by atoms with Crippen molar-refractivity contribution in [2.24, 2.45) is 0 Å². The molecule has 0 fully saturated rings. The number of hydrogen-bond donors (Lipinski definition) is 2. The molecule has 0 aliphatic carbocycles. The molecule has 1 heterocycles. The average molecular weight is 222 g/mol. The Bertz CT molecular complexity index is 511. The molecule has 0 radical (unpaired) electrons. The summed E-state index contributed by atoms with van der Waals surface area (Å²) in [5, 5.41) is 14.6. The molecule has 0 saturated heterocycles. The smallest absolute Gasteiger partial charge is 0.294 e. The van der Waals surface area contributed by atoms with Gasteiger partial charge in [-0.15, -0.1) is 0 Å².